The molecule has 0 heterocycles. The van der Waals surface area contributed by atoms with Crippen LogP contribution in [-0.2, 0) is 0 Å². The third kappa shape index (κ3) is 1.97. The number of hydrogen-bond acceptors (Lipinski definition) is 1. The highest BCUT2D eigenvalue weighted by Crippen LogP contribution is 2.19. The van der Waals surface area contributed by atoms with Gasteiger partial charge in [-0.05, 0) is 13.3 Å². The summed E-state index contributed by atoms with van der Waals surface area (Å²) in [6.07, 6.45) is 7.68. The first kappa shape index (κ1) is 8.12. The lowest BCUT2D eigenvalue weighted by atomic mass is 9.95. The van der Waals surface area contributed by atoms with E-state index >= 15 is 0 Å². The van der Waals surface area contributed by atoms with E-state index in [0.29, 0.717) is 5.92 Å². The van der Waals surface area contributed by atoms with Crippen LogP contribution in [0, 0.1) is 5.92 Å². The van der Waals surface area contributed by atoms with Crippen LogP contribution in [0.2, 0.25) is 0 Å². The zero-order chi connectivity index (χ0) is 8.27. The van der Waals surface area contributed by atoms with Gasteiger partial charge in [-0.3, -0.25) is 0 Å². The summed E-state index contributed by atoms with van der Waals surface area (Å²) in [5.74, 6) is 0.490. The molecule has 0 saturated heterocycles. The average Bonchev–Trinajstić information content (AvgIpc) is 2.05. The van der Waals surface area contributed by atoms with Crippen molar-refractivity contribution >= 4 is 0 Å². The highest BCUT2D eigenvalue weighted by Gasteiger charge is 2.08. The molecular formula is C10H15N. The fourth-order valence-corrected chi connectivity index (χ4v) is 1.17. The Morgan fingerprint density at radius 2 is 2.45 bits per heavy atom. The zero-order valence-electron chi connectivity index (χ0n) is 7.22. The molecule has 0 aromatic rings. The molecule has 0 saturated carbocycles. The van der Waals surface area contributed by atoms with Gasteiger partial charge in [-0.25, -0.2) is 0 Å². The van der Waals surface area contributed by atoms with Crippen LogP contribution in [0.3, 0.4) is 0 Å². The molecule has 1 nitrogen and oxygen atoms in total. The zero-order valence-corrected chi connectivity index (χ0v) is 7.22. The highest BCUT2D eigenvalue weighted by atomic mass is 14.8. The molecule has 60 valence electrons. The van der Waals surface area contributed by atoms with Crippen LogP contribution in [0.4, 0.5) is 0 Å². The van der Waals surface area contributed by atoms with Crippen LogP contribution < -0.4 is 5.32 Å². The maximum atomic E-state index is 3.93. The SMILES string of the molecule is C=C(NC)C1C=CC(C)=CC1. The summed E-state index contributed by atoms with van der Waals surface area (Å²) in [5.41, 5.74) is 2.45. The first-order valence-electron chi connectivity index (χ1n) is 3.95. The van der Waals surface area contributed by atoms with Crippen molar-refractivity contribution in [1.29, 1.82) is 0 Å². The van der Waals surface area contributed by atoms with Crippen molar-refractivity contribution < 1.29 is 0 Å². The van der Waals surface area contributed by atoms with Gasteiger partial charge >= 0.3 is 0 Å². The molecule has 0 aromatic heterocycles. The summed E-state index contributed by atoms with van der Waals surface area (Å²) in [6, 6.07) is 0. The molecule has 0 aromatic carbocycles. The average molecular weight is 149 g/mol. The minimum atomic E-state index is 0.490. The van der Waals surface area contributed by atoms with Crippen LogP contribution in [0.1, 0.15) is 13.3 Å². The van der Waals surface area contributed by atoms with Crippen molar-refractivity contribution in [3.8, 4) is 0 Å². The van der Waals surface area contributed by atoms with Gasteiger partial charge in [0, 0.05) is 18.7 Å². The normalized spacial score (nSPS) is 22.7. The minimum Gasteiger partial charge on any atom is -0.391 e. The van der Waals surface area contributed by atoms with Crippen molar-refractivity contribution in [2.75, 3.05) is 7.05 Å². The maximum absolute atomic E-state index is 3.93. The standard InChI is InChI=1S/C10H15N/c1-8-4-6-10(7-5-8)9(2)11-3/h4-6,10-11H,2,7H2,1,3H3. The smallest absolute Gasteiger partial charge is 0.0198 e. The Morgan fingerprint density at radius 3 is 2.91 bits per heavy atom. The van der Waals surface area contributed by atoms with Gasteiger partial charge in [-0.1, -0.05) is 30.4 Å². The van der Waals surface area contributed by atoms with Gasteiger partial charge < -0.3 is 5.32 Å². The third-order valence-electron chi connectivity index (χ3n) is 2.05. The van der Waals surface area contributed by atoms with E-state index in [1.165, 1.54) is 5.57 Å². The van der Waals surface area contributed by atoms with Crippen LogP contribution in [-0.4, -0.2) is 7.05 Å². The first-order valence-corrected chi connectivity index (χ1v) is 3.95. The monoisotopic (exact) mass is 149 g/mol. The van der Waals surface area contributed by atoms with E-state index in [2.05, 4.69) is 37.0 Å². The van der Waals surface area contributed by atoms with Crippen molar-refractivity contribution in [1.82, 2.24) is 5.32 Å². The van der Waals surface area contributed by atoms with Gasteiger partial charge in [0.05, 0.1) is 0 Å². The van der Waals surface area contributed by atoms with Crippen LogP contribution >= 0.6 is 0 Å². The second kappa shape index (κ2) is 3.42. The second-order valence-electron chi connectivity index (χ2n) is 2.92. The highest BCUT2D eigenvalue weighted by molar-refractivity contribution is 5.25. The maximum Gasteiger partial charge on any atom is 0.0198 e. The third-order valence-corrected chi connectivity index (χ3v) is 2.05. The second-order valence-corrected chi connectivity index (χ2v) is 2.92. The molecule has 1 rings (SSSR count). The molecule has 0 radical (unpaired) electrons. The summed E-state index contributed by atoms with van der Waals surface area (Å²) < 4.78 is 0. The van der Waals surface area contributed by atoms with E-state index in [0.717, 1.165) is 12.1 Å². The molecule has 0 fully saturated rings. The molecule has 0 spiro atoms. The largest absolute Gasteiger partial charge is 0.391 e. The number of nitrogens with one attached hydrogen (secondary N) is 1. The van der Waals surface area contributed by atoms with Gasteiger partial charge in [0.2, 0.25) is 0 Å². The van der Waals surface area contributed by atoms with E-state index in [9.17, 15) is 0 Å². The van der Waals surface area contributed by atoms with Gasteiger partial charge in [0.25, 0.3) is 0 Å². The summed E-state index contributed by atoms with van der Waals surface area (Å²) in [5, 5.41) is 3.07. The molecule has 1 unspecified atom stereocenters. The van der Waals surface area contributed by atoms with Gasteiger partial charge in [0.15, 0.2) is 0 Å². The Kier molecular flexibility index (Phi) is 2.53. The van der Waals surface area contributed by atoms with Crippen LogP contribution in [0.15, 0.2) is 36.1 Å². The molecule has 0 bridgehead atoms. The predicted molar refractivity (Wildman–Crippen MR) is 49.2 cm³/mol. The Balaban J connectivity index is 2.55. The van der Waals surface area contributed by atoms with Crippen LogP contribution in [0.5, 0.6) is 0 Å². The Morgan fingerprint density at radius 1 is 1.73 bits per heavy atom. The van der Waals surface area contributed by atoms with Gasteiger partial charge in [-0.15, -0.1) is 0 Å². The Bertz CT molecular complexity index is 211. The summed E-state index contributed by atoms with van der Waals surface area (Å²) >= 11 is 0. The quantitative estimate of drug-likeness (QED) is 0.635. The molecule has 11 heavy (non-hydrogen) atoms. The lowest BCUT2D eigenvalue weighted by Crippen LogP contribution is -2.14. The molecule has 1 atom stereocenters. The Hall–Kier alpha value is -0.980. The Labute approximate surface area is 68.5 Å². The molecule has 0 aliphatic heterocycles. The van der Waals surface area contributed by atoms with E-state index in [4.69, 9.17) is 0 Å². The van der Waals surface area contributed by atoms with Gasteiger partial charge in [0.1, 0.15) is 0 Å². The number of allylic oxidation sites excluding steroid dienone is 4. The van der Waals surface area contributed by atoms with Crippen LogP contribution in [0.25, 0.3) is 0 Å². The summed E-state index contributed by atoms with van der Waals surface area (Å²) in [4.78, 5) is 0. The van der Waals surface area contributed by atoms with E-state index < -0.39 is 0 Å². The molecule has 1 N–H and O–H groups in total. The molecule has 1 aliphatic rings. The molecular weight excluding hydrogens is 134 g/mol. The van der Waals surface area contributed by atoms with Crippen molar-refractivity contribution in [3.63, 3.8) is 0 Å². The van der Waals surface area contributed by atoms with Crippen molar-refractivity contribution in [2.24, 2.45) is 5.92 Å². The number of rotatable bonds is 2. The van der Waals surface area contributed by atoms with Crippen molar-refractivity contribution in [2.45, 2.75) is 13.3 Å². The van der Waals surface area contributed by atoms with E-state index in [1.807, 2.05) is 7.05 Å². The lowest BCUT2D eigenvalue weighted by Gasteiger charge is -2.16. The minimum absolute atomic E-state index is 0.490. The molecule has 1 heteroatoms. The number of hydrogen-bond donors (Lipinski definition) is 1. The first-order chi connectivity index (χ1) is 5.24. The predicted octanol–water partition coefficient (Wildman–Crippen LogP) is 2.24. The summed E-state index contributed by atoms with van der Waals surface area (Å²) in [6.45, 7) is 6.05. The fraction of sp³-hybridized carbons (Fsp3) is 0.400. The molecule has 1 aliphatic carbocycles. The fourth-order valence-electron chi connectivity index (χ4n) is 1.17. The van der Waals surface area contributed by atoms with E-state index in [-0.39, 0.29) is 0 Å². The molecule has 0 amide bonds. The summed E-state index contributed by atoms with van der Waals surface area (Å²) in [7, 11) is 1.92. The van der Waals surface area contributed by atoms with E-state index in [1.54, 1.807) is 0 Å². The lowest BCUT2D eigenvalue weighted by molar-refractivity contribution is 0.702. The topological polar surface area (TPSA) is 12.0 Å². The van der Waals surface area contributed by atoms with Gasteiger partial charge in [-0.2, -0.15) is 0 Å². The van der Waals surface area contributed by atoms with Crippen molar-refractivity contribution in [3.05, 3.63) is 36.1 Å².